The maximum atomic E-state index is 13.2. The first kappa shape index (κ1) is 24.0. The molecule has 0 heterocycles. The Morgan fingerprint density at radius 1 is 0.967 bits per heavy atom. The van der Waals surface area contributed by atoms with Crippen LogP contribution in [0.25, 0.3) is 0 Å². The molecule has 2 amide bonds. The van der Waals surface area contributed by atoms with Crippen LogP contribution >= 0.6 is 11.8 Å². The molecule has 0 fully saturated rings. The topological polar surface area (TPSA) is 49.4 Å². The summed E-state index contributed by atoms with van der Waals surface area (Å²) in [6, 6.07) is 17.9. The number of carbonyl (C=O) groups excluding carboxylic acids is 2. The van der Waals surface area contributed by atoms with Crippen LogP contribution in [-0.4, -0.2) is 34.6 Å². The van der Waals surface area contributed by atoms with Gasteiger partial charge >= 0.3 is 0 Å². The number of nitrogens with one attached hydrogen (secondary N) is 1. The molecule has 0 radical (unpaired) electrons. The van der Waals surface area contributed by atoms with Crippen LogP contribution in [0.3, 0.4) is 0 Å². The summed E-state index contributed by atoms with van der Waals surface area (Å²) in [6.45, 7) is 8.49. The van der Waals surface area contributed by atoms with Crippen molar-refractivity contribution in [3.05, 3.63) is 71.3 Å². The van der Waals surface area contributed by atoms with Crippen molar-refractivity contribution in [2.45, 2.75) is 64.9 Å². The van der Waals surface area contributed by atoms with Gasteiger partial charge in [0.25, 0.3) is 0 Å². The van der Waals surface area contributed by atoms with Crippen molar-refractivity contribution in [2.24, 2.45) is 0 Å². The number of carbonyl (C=O) groups is 2. The Labute approximate surface area is 185 Å². The average Bonchev–Trinajstić information content (AvgIpc) is 2.75. The van der Waals surface area contributed by atoms with Crippen molar-refractivity contribution in [3.63, 3.8) is 0 Å². The van der Waals surface area contributed by atoms with Crippen LogP contribution in [0.1, 0.15) is 50.3 Å². The van der Waals surface area contributed by atoms with E-state index < -0.39 is 6.04 Å². The molecule has 2 atom stereocenters. The third-order valence-corrected chi connectivity index (χ3v) is 6.19. The second kappa shape index (κ2) is 12.4. The minimum Gasteiger partial charge on any atom is -0.352 e. The van der Waals surface area contributed by atoms with Crippen molar-refractivity contribution >= 4 is 23.6 Å². The number of thioether (sulfide) groups is 1. The zero-order chi connectivity index (χ0) is 21.9. The minimum absolute atomic E-state index is 0.00246. The summed E-state index contributed by atoms with van der Waals surface area (Å²) in [6.07, 6.45) is 1.45. The Bertz CT molecular complexity index is 793. The number of benzene rings is 2. The van der Waals surface area contributed by atoms with Gasteiger partial charge in [-0.05, 0) is 37.8 Å². The van der Waals surface area contributed by atoms with E-state index in [2.05, 4.69) is 17.4 Å². The first-order valence-corrected chi connectivity index (χ1v) is 11.9. The molecule has 0 saturated carbocycles. The third-order valence-electron chi connectivity index (χ3n) is 5.20. The van der Waals surface area contributed by atoms with Crippen LogP contribution in [0.4, 0.5) is 0 Å². The van der Waals surface area contributed by atoms with Gasteiger partial charge in [0.15, 0.2) is 0 Å². The lowest BCUT2D eigenvalue weighted by molar-refractivity contribution is -0.139. The Morgan fingerprint density at radius 3 is 2.23 bits per heavy atom. The van der Waals surface area contributed by atoms with E-state index in [9.17, 15) is 9.59 Å². The fraction of sp³-hybridized carbons (Fsp3) is 0.440. The highest BCUT2D eigenvalue weighted by molar-refractivity contribution is 7.99. The zero-order valence-corrected chi connectivity index (χ0v) is 19.4. The molecule has 4 nitrogen and oxygen atoms in total. The standard InChI is InChI=1S/C25H34N2O2S/c1-5-20(4)26-25(29)23(6-2)27(16-21-14-12-19(3)13-15-21)24(28)18-30-17-22-10-8-7-9-11-22/h7-15,20,23H,5-6,16-18H2,1-4H3,(H,26,29). The average molecular weight is 427 g/mol. The minimum atomic E-state index is -0.467. The molecule has 0 aromatic heterocycles. The van der Waals surface area contributed by atoms with Gasteiger partial charge in [-0.25, -0.2) is 0 Å². The molecule has 0 aliphatic carbocycles. The molecular formula is C25H34N2O2S. The summed E-state index contributed by atoms with van der Waals surface area (Å²) in [7, 11) is 0. The summed E-state index contributed by atoms with van der Waals surface area (Å²) in [5.74, 6) is 1.07. The summed E-state index contributed by atoms with van der Waals surface area (Å²) >= 11 is 1.59. The second-order valence-electron chi connectivity index (χ2n) is 7.73. The highest BCUT2D eigenvalue weighted by atomic mass is 32.2. The SMILES string of the molecule is CCC(C)NC(=O)C(CC)N(Cc1ccc(C)cc1)C(=O)CSCc1ccccc1. The highest BCUT2D eigenvalue weighted by Crippen LogP contribution is 2.18. The fourth-order valence-corrected chi connectivity index (χ4v) is 4.03. The molecule has 0 spiro atoms. The van der Waals surface area contributed by atoms with Crippen LogP contribution < -0.4 is 5.32 Å². The van der Waals surface area contributed by atoms with Crippen molar-refractivity contribution in [1.82, 2.24) is 10.2 Å². The monoisotopic (exact) mass is 426 g/mol. The van der Waals surface area contributed by atoms with Gasteiger partial charge < -0.3 is 10.2 Å². The van der Waals surface area contributed by atoms with E-state index in [0.717, 1.165) is 17.7 Å². The predicted molar refractivity (Wildman–Crippen MR) is 126 cm³/mol. The molecule has 0 aliphatic rings. The number of hydrogen-bond acceptors (Lipinski definition) is 3. The molecular weight excluding hydrogens is 392 g/mol. The lowest BCUT2D eigenvalue weighted by atomic mass is 10.1. The molecule has 0 aliphatic heterocycles. The third kappa shape index (κ3) is 7.52. The lowest BCUT2D eigenvalue weighted by Gasteiger charge is -2.31. The molecule has 162 valence electrons. The van der Waals surface area contributed by atoms with Gasteiger partial charge in [0, 0.05) is 18.3 Å². The fourth-order valence-electron chi connectivity index (χ4n) is 3.16. The Kier molecular flexibility index (Phi) is 9.95. The van der Waals surface area contributed by atoms with E-state index >= 15 is 0 Å². The molecule has 5 heteroatoms. The van der Waals surface area contributed by atoms with E-state index in [4.69, 9.17) is 0 Å². The van der Waals surface area contributed by atoms with Crippen molar-refractivity contribution in [3.8, 4) is 0 Å². The Balaban J connectivity index is 2.12. The molecule has 2 aromatic carbocycles. The first-order chi connectivity index (χ1) is 14.4. The molecule has 0 saturated heterocycles. The van der Waals surface area contributed by atoms with Crippen LogP contribution in [-0.2, 0) is 21.9 Å². The van der Waals surface area contributed by atoms with E-state index in [0.29, 0.717) is 18.7 Å². The largest absolute Gasteiger partial charge is 0.352 e. The van der Waals surface area contributed by atoms with Gasteiger partial charge in [-0.2, -0.15) is 0 Å². The number of nitrogens with zero attached hydrogens (tertiary/aromatic N) is 1. The second-order valence-corrected chi connectivity index (χ2v) is 8.71. The van der Waals surface area contributed by atoms with Gasteiger partial charge in [0.1, 0.15) is 6.04 Å². The molecule has 2 rings (SSSR count). The Hall–Kier alpha value is -2.27. The number of rotatable bonds is 11. The van der Waals surface area contributed by atoms with Crippen molar-refractivity contribution in [1.29, 1.82) is 0 Å². The number of amides is 2. The molecule has 2 unspecified atom stereocenters. The van der Waals surface area contributed by atoms with Gasteiger partial charge in [-0.1, -0.05) is 74.0 Å². The Morgan fingerprint density at radius 2 is 1.63 bits per heavy atom. The maximum absolute atomic E-state index is 13.2. The van der Waals surface area contributed by atoms with E-state index in [1.807, 2.05) is 70.2 Å². The number of aryl methyl sites for hydroxylation is 1. The predicted octanol–water partition coefficient (Wildman–Crippen LogP) is 4.95. The van der Waals surface area contributed by atoms with Gasteiger partial charge in [-0.3, -0.25) is 9.59 Å². The van der Waals surface area contributed by atoms with Crippen molar-refractivity contribution < 1.29 is 9.59 Å². The van der Waals surface area contributed by atoms with Crippen LogP contribution in [0.5, 0.6) is 0 Å². The summed E-state index contributed by atoms with van der Waals surface area (Å²) in [5, 5.41) is 3.05. The number of hydrogen-bond donors (Lipinski definition) is 1. The lowest BCUT2D eigenvalue weighted by Crippen LogP contribution is -2.51. The summed E-state index contributed by atoms with van der Waals surface area (Å²) < 4.78 is 0. The van der Waals surface area contributed by atoms with E-state index in [-0.39, 0.29) is 17.9 Å². The molecule has 1 N–H and O–H groups in total. The zero-order valence-electron chi connectivity index (χ0n) is 18.6. The quantitative estimate of drug-likeness (QED) is 0.553. The van der Waals surface area contributed by atoms with E-state index in [1.54, 1.807) is 16.7 Å². The smallest absolute Gasteiger partial charge is 0.243 e. The molecule has 0 bridgehead atoms. The highest BCUT2D eigenvalue weighted by Gasteiger charge is 2.29. The van der Waals surface area contributed by atoms with Crippen LogP contribution in [0.2, 0.25) is 0 Å². The van der Waals surface area contributed by atoms with Gasteiger partial charge in [0.2, 0.25) is 11.8 Å². The normalized spacial score (nSPS) is 12.8. The maximum Gasteiger partial charge on any atom is 0.243 e. The van der Waals surface area contributed by atoms with Crippen LogP contribution in [0, 0.1) is 6.92 Å². The van der Waals surface area contributed by atoms with E-state index in [1.165, 1.54) is 11.1 Å². The van der Waals surface area contributed by atoms with Crippen molar-refractivity contribution in [2.75, 3.05) is 5.75 Å². The molecule has 30 heavy (non-hydrogen) atoms. The van der Waals surface area contributed by atoms with Gasteiger partial charge in [0.05, 0.1) is 5.75 Å². The van der Waals surface area contributed by atoms with Crippen LogP contribution in [0.15, 0.2) is 54.6 Å². The summed E-state index contributed by atoms with van der Waals surface area (Å²) in [4.78, 5) is 27.9. The summed E-state index contributed by atoms with van der Waals surface area (Å²) in [5.41, 5.74) is 3.41. The molecule has 2 aromatic rings. The van der Waals surface area contributed by atoms with Gasteiger partial charge in [-0.15, -0.1) is 11.8 Å². The first-order valence-electron chi connectivity index (χ1n) is 10.7.